The van der Waals surface area contributed by atoms with Gasteiger partial charge in [-0.3, -0.25) is 4.98 Å². The third-order valence-corrected chi connectivity index (χ3v) is 3.89. The van der Waals surface area contributed by atoms with Gasteiger partial charge in [0, 0.05) is 22.8 Å². The van der Waals surface area contributed by atoms with Crippen LogP contribution in [0.2, 0.25) is 5.02 Å². The number of halogens is 1. The van der Waals surface area contributed by atoms with Gasteiger partial charge in [0.15, 0.2) is 0 Å². The molecular formula is C15H13ClN4. The van der Waals surface area contributed by atoms with E-state index < -0.39 is 0 Å². The Bertz CT molecular complexity index is 805. The van der Waals surface area contributed by atoms with Gasteiger partial charge in [-0.15, -0.1) is 0 Å². The Morgan fingerprint density at radius 1 is 1.25 bits per heavy atom. The number of nitrogens with two attached hydrogens (primary N) is 1. The summed E-state index contributed by atoms with van der Waals surface area (Å²) < 4.78 is 2.26. The Kier molecular flexibility index (Phi) is 2.47. The second kappa shape index (κ2) is 4.21. The van der Waals surface area contributed by atoms with Crippen LogP contribution in [-0.4, -0.2) is 14.5 Å². The van der Waals surface area contributed by atoms with Crippen LogP contribution in [0.15, 0.2) is 36.7 Å². The molecular weight excluding hydrogens is 272 g/mol. The molecule has 2 heterocycles. The predicted octanol–water partition coefficient (Wildman–Crippen LogP) is 3.67. The molecule has 5 heteroatoms. The van der Waals surface area contributed by atoms with E-state index in [1.165, 1.54) is 12.8 Å². The van der Waals surface area contributed by atoms with Crippen molar-refractivity contribution in [2.75, 3.05) is 5.73 Å². The Balaban J connectivity index is 2.04. The fourth-order valence-corrected chi connectivity index (χ4v) is 2.74. The number of nitrogen functional groups attached to an aromatic ring is 1. The summed E-state index contributed by atoms with van der Waals surface area (Å²) in [5.74, 6) is 0.907. The maximum Gasteiger partial charge on any atom is 0.143 e. The molecule has 2 aromatic heterocycles. The van der Waals surface area contributed by atoms with Crippen LogP contribution in [0.5, 0.6) is 0 Å². The van der Waals surface area contributed by atoms with Crippen LogP contribution in [0.25, 0.3) is 22.4 Å². The van der Waals surface area contributed by atoms with E-state index in [9.17, 15) is 0 Å². The number of hydrogen-bond donors (Lipinski definition) is 1. The molecule has 4 nitrogen and oxygen atoms in total. The van der Waals surface area contributed by atoms with Crippen molar-refractivity contribution in [3.8, 4) is 11.4 Å². The maximum absolute atomic E-state index is 6.13. The Hall–Kier alpha value is -2.07. The van der Waals surface area contributed by atoms with Crippen LogP contribution >= 0.6 is 11.6 Å². The average molecular weight is 285 g/mol. The monoisotopic (exact) mass is 284 g/mol. The molecule has 2 N–H and O–H groups in total. The minimum Gasteiger partial charge on any atom is -0.397 e. The minimum absolute atomic E-state index is 0.501. The molecule has 0 radical (unpaired) electrons. The number of nitrogens with zero attached hydrogens (tertiary/aromatic N) is 3. The number of imidazole rings is 1. The first-order valence-electron chi connectivity index (χ1n) is 6.61. The van der Waals surface area contributed by atoms with E-state index in [1.54, 1.807) is 12.4 Å². The van der Waals surface area contributed by atoms with E-state index in [1.807, 2.05) is 24.3 Å². The van der Waals surface area contributed by atoms with Gasteiger partial charge in [-0.25, -0.2) is 4.98 Å². The van der Waals surface area contributed by atoms with Gasteiger partial charge < -0.3 is 10.3 Å². The molecule has 1 saturated carbocycles. The highest BCUT2D eigenvalue weighted by molar-refractivity contribution is 6.31. The summed E-state index contributed by atoms with van der Waals surface area (Å²) >= 11 is 6.13. The number of rotatable bonds is 2. The summed E-state index contributed by atoms with van der Waals surface area (Å²) in [6.45, 7) is 0. The molecule has 1 aromatic carbocycles. The normalized spacial score (nSPS) is 14.8. The standard InChI is InChI=1S/C15H13ClN4/c16-9-1-4-13-14(7-9)20(10-2-3-10)15(19-13)11-5-6-18-8-12(11)17/h1,4-8,10H,2-3,17H2. The fourth-order valence-electron chi connectivity index (χ4n) is 2.57. The van der Waals surface area contributed by atoms with Crippen molar-refractivity contribution in [2.45, 2.75) is 18.9 Å². The molecule has 0 atom stereocenters. The van der Waals surface area contributed by atoms with Gasteiger partial charge in [-0.05, 0) is 37.1 Å². The van der Waals surface area contributed by atoms with E-state index >= 15 is 0 Å². The fraction of sp³-hybridized carbons (Fsp3) is 0.200. The lowest BCUT2D eigenvalue weighted by Gasteiger charge is -2.09. The second-order valence-electron chi connectivity index (χ2n) is 5.13. The molecule has 0 saturated heterocycles. The van der Waals surface area contributed by atoms with Crippen LogP contribution < -0.4 is 5.73 Å². The first-order valence-corrected chi connectivity index (χ1v) is 6.99. The van der Waals surface area contributed by atoms with E-state index in [0.717, 1.165) is 27.4 Å². The lowest BCUT2D eigenvalue weighted by molar-refractivity contribution is 0.775. The zero-order chi connectivity index (χ0) is 13.7. The third-order valence-electron chi connectivity index (χ3n) is 3.66. The number of hydrogen-bond acceptors (Lipinski definition) is 3. The van der Waals surface area contributed by atoms with Crippen LogP contribution in [0, 0.1) is 0 Å². The van der Waals surface area contributed by atoms with E-state index in [-0.39, 0.29) is 0 Å². The molecule has 1 aliphatic carbocycles. The Labute approximate surface area is 121 Å². The summed E-state index contributed by atoms with van der Waals surface area (Å²) in [4.78, 5) is 8.79. The zero-order valence-electron chi connectivity index (χ0n) is 10.8. The van der Waals surface area contributed by atoms with Gasteiger partial charge in [0.2, 0.25) is 0 Å². The molecule has 0 bridgehead atoms. The van der Waals surface area contributed by atoms with Gasteiger partial charge >= 0.3 is 0 Å². The average Bonchev–Trinajstić information content (AvgIpc) is 3.20. The van der Waals surface area contributed by atoms with Crippen LogP contribution in [-0.2, 0) is 0 Å². The SMILES string of the molecule is Nc1cnccc1-c1nc2ccc(Cl)cc2n1C1CC1. The van der Waals surface area contributed by atoms with Crippen molar-refractivity contribution in [3.63, 3.8) is 0 Å². The van der Waals surface area contributed by atoms with Gasteiger partial charge in [0.05, 0.1) is 22.9 Å². The van der Waals surface area contributed by atoms with Gasteiger partial charge in [-0.2, -0.15) is 0 Å². The van der Waals surface area contributed by atoms with E-state index in [0.29, 0.717) is 11.7 Å². The lowest BCUT2D eigenvalue weighted by atomic mass is 10.2. The van der Waals surface area contributed by atoms with E-state index in [4.69, 9.17) is 22.3 Å². The van der Waals surface area contributed by atoms with Gasteiger partial charge in [0.25, 0.3) is 0 Å². The first-order chi connectivity index (χ1) is 9.74. The zero-order valence-corrected chi connectivity index (χ0v) is 11.5. The summed E-state index contributed by atoms with van der Waals surface area (Å²) in [5, 5.41) is 0.730. The Morgan fingerprint density at radius 2 is 2.10 bits per heavy atom. The maximum atomic E-state index is 6.13. The third kappa shape index (κ3) is 1.76. The number of benzene rings is 1. The van der Waals surface area contributed by atoms with Crippen molar-refractivity contribution < 1.29 is 0 Å². The highest BCUT2D eigenvalue weighted by Gasteiger charge is 2.29. The smallest absolute Gasteiger partial charge is 0.143 e. The van der Waals surface area contributed by atoms with Crippen molar-refractivity contribution in [2.24, 2.45) is 0 Å². The predicted molar refractivity (Wildman–Crippen MR) is 80.7 cm³/mol. The molecule has 0 unspecified atom stereocenters. The molecule has 1 fully saturated rings. The number of fused-ring (bicyclic) bond motifs is 1. The molecule has 100 valence electrons. The molecule has 0 amide bonds. The highest BCUT2D eigenvalue weighted by atomic mass is 35.5. The summed E-state index contributed by atoms with van der Waals surface area (Å²) in [7, 11) is 0. The second-order valence-corrected chi connectivity index (χ2v) is 5.57. The topological polar surface area (TPSA) is 56.7 Å². The molecule has 20 heavy (non-hydrogen) atoms. The highest BCUT2D eigenvalue weighted by Crippen LogP contribution is 2.42. The quantitative estimate of drug-likeness (QED) is 0.781. The molecule has 1 aliphatic rings. The van der Waals surface area contributed by atoms with Crippen LogP contribution in [0.1, 0.15) is 18.9 Å². The largest absolute Gasteiger partial charge is 0.397 e. The summed E-state index contributed by atoms with van der Waals surface area (Å²) in [6, 6.07) is 8.21. The lowest BCUT2D eigenvalue weighted by Crippen LogP contribution is -2.00. The summed E-state index contributed by atoms with van der Waals surface area (Å²) in [6.07, 6.45) is 5.76. The van der Waals surface area contributed by atoms with E-state index in [2.05, 4.69) is 9.55 Å². The molecule has 0 aliphatic heterocycles. The number of anilines is 1. The minimum atomic E-state index is 0.501. The van der Waals surface area contributed by atoms with Crippen molar-refractivity contribution in [1.82, 2.24) is 14.5 Å². The van der Waals surface area contributed by atoms with Gasteiger partial charge in [-0.1, -0.05) is 11.6 Å². The summed E-state index contributed by atoms with van der Waals surface area (Å²) in [5.41, 5.74) is 9.66. The molecule has 3 aromatic rings. The van der Waals surface area contributed by atoms with Crippen molar-refractivity contribution >= 4 is 28.3 Å². The van der Waals surface area contributed by atoms with Gasteiger partial charge in [0.1, 0.15) is 5.82 Å². The number of aromatic nitrogens is 3. The van der Waals surface area contributed by atoms with Crippen molar-refractivity contribution in [3.05, 3.63) is 41.7 Å². The first kappa shape index (κ1) is 11.7. The molecule has 0 spiro atoms. The number of pyridine rings is 1. The Morgan fingerprint density at radius 3 is 2.85 bits per heavy atom. The van der Waals surface area contributed by atoms with Crippen molar-refractivity contribution in [1.29, 1.82) is 0 Å². The van der Waals surface area contributed by atoms with Crippen LogP contribution in [0.3, 0.4) is 0 Å². The van der Waals surface area contributed by atoms with Crippen LogP contribution in [0.4, 0.5) is 5.69 Å². The molecule has 4 rings (SSSR count).